The molecule has 1 aliphatic heterocycles. The summed E-state index contributed by atoms with van der Waals surface area (Å²) in [5, 5.41) is 5.32. The second-order valence-electron chi connectivity index (χ2n) is 6.11. The lowest BCUT2D eigenvalue weighted by molar-refractivity contribution is 0.219. The highest BCUT2D eigenvalue weighted by atomic mass is 32.2. The standard InChI is InChI=1S/C15H25N3OS2/c1-2-11-12(21-9-8-20-11)13-17-14(19-18-13)15(10-16)6-4-3-5-7-15/h11-12H,2-10,16H2,1H3. The number of hydrogen-bond acceptors (Lipinski definition) is 6. The van der Waals surface area contributed by atoms with Crippen LogP contribution in [-0.4, -0.2) is 33.4 Å². The summed E-state index contributed by atoms with van der Waals surface area (Å²) in [6.45, 7) is 2.87. The number of nitrogens with two attached hydrogens (primary N) is 1. The highest BCUT2D eigenvalue weighted by molar-refractivity contribution is 8.06. The van der Waals surface area contributed by atoms with Crippen molar-refractivity contribution in [1.29, 1.82) is 0 Å². The molecule has 1 aromatic heterocycles. The van der Waals surface area contributed by atoms with Gasteiger partial charge in [0.2, 0.25) is 5.89 Å². The fourth-order valence-electron chi connectivity index (χ4n) is 3.44. The number of aromatic nitrogens is 2. The molecule has 118 valence electrons. The summed E-state index contributed by atoms with van der Waals surface area (Å²) < 4.78 is 5.68. The molecule has 2 fully saturated rings. The first-order valence-corrected chi connectivity index (χ1v) is 10.2. The number of thioether (sulfide) groups is 2. The van der Waals surface area contributed by atoms with Crippen molar-refractivity contribution in [2.45, 2.75) is 61.4 Å². The van der Waals surface area contributed by atoms with E-state index in [1.807, 2.05) is 23.5 Å². The molecule has 0 bridgehead atoms. The van der Waals surface area contributed by atoms with Gasteiger partial charge in [0, 0.05) is 23.3 Å². The second kappa shape index (κ2) is 6.92. The Labute approximate surface area is 135 Å². The monoisotopic (exact) mass is 327 g/mol. The van der Waals surface area contributed by atoms with E-state index in [0.717, 1.165) is 31.0 Å². The van der Waals surface area contributed by atoms with Gasteiger partial charge in [-0.2, -0.15) is 16.7 Å². The lowest BCUT2D eigenvalue weighted by Gasteiger charge is -2.32. The largest absolute Gasteiger partial charge is 0.339 e. The number of hydrogen-bond donors (Lipinski definition) is 1. The van der Waals surface area contributed by atoms with Crippen LogP contribution in [0, 0.1) is 0 Å². The van der Waals surface area contributed by atoms with Crippen LogP contribution in [0.1, 0.15) is 62.4 Å². The molecule has 2 atom stereocenters. The summed E-state index contributed by atoms with van der Waals surface area (Å²) in [6, 6.07) is 0. The van der Waals surface area contributed by atoms with Crippen molar-refractivity contribution in [3.05, 3.63) is 11.7 Å². The molecule has 3 rings (SSSR count). The average Bonchev–Trinajstić information content (AvgIpc) is 3.06. The predicted octanol–water partition coefficient (Wildman–Crippen LogP) is 3.53. The molecular formula is C15H25N3OS2. The van der Waals surface area contributed by atoms with Gasteiger partial charge in [0.25, 0.3) is 0 Å². The number of nitrogens with zero attached hydrogens (tertiary/aromatic N) is 2. The Morgan fingerprint density at radius 3 is 2.71 bits per heavy atom. The van der Waals surface area contributed by atoms with E-state index in [2.05, 4.69) is 12.1 Å². The molecule has 6 heteroatoms. The minimum atomic E-state index is -0.0578. The third-order valence-electron chi connectivity index (χ3n) is 4.80. The van der Waals surface area contributed by atoms with Gasteiger partial charge in [-0.1, -0.05) is 31.3 Å². The molecule has 2 N–H and O–H groups in total. The van der Waals surface area contributed by atoms with Crippen LogP contribution in [0.2, 0.25) is 0 Å². The van der Waals surface area contributed by atoms with Gasteiger partial charge < -0.3 is 10.3 Å². The zero-order chi connectivity index (χ0) is 14.7. The first-order valence-electron chi connectivity index (χ1n) is 8.06. The second-order valence-corrected chi connectivity index (χ2v) is 8.71. The highest BCUT2D eigenvalue weighted by Crippen LogP contribution is 2.44. The van der Waals surface area contributed by atoms with E-state index in [1.54, 1.807) is 0 Å². The summed E-state index contributed by atoms with van der Waals surface area (Å²) in [5.41, 5.74) is 6.02. The fourth-order valence-corrected chi connectivity index (χ4v) is 6.42. The molecule has 2 unspecified atom stereocenters. The van der Waals surface area contributed by atoms with E-state index >= 15 is 0 Å². The summed E-state index contributed by atoms with van der Waals surface area (Å²) in [7, 11) is 0. The van der Waals surface area contributed by atoms with Crippen LogP contribution in [0.4, 0.5) is 0 Å². The third-order valence-corrected chi connectivity index (χ3v) is 8.05. The van der Waals surface area contributed by atoms with E-state index in [-0.39, 0.29) is 5.41 Å². The van der Waals surface area contributed by atoms with Gasteiger partial charge >= 0.3 is 0 Å². The Morgan fingerprint density at radius 2 is 2.00 bits per heavy atom. The summed E-state index contributed by atoms with van der Waals surface area (Å²) in [4.78, 5) is 4.81. The lowest BCUT2D eigenvalue weighted by Crippen LogP contribution is -2.37. The topological polar surface area (TPSA) is 64.9 Å². The van der Waals surface area contributed by atoms with Gasteiger partial charge in [0.05, 0.1) is 10.7 Å². The quantitative estimate of drug-likeness (QED) is 0.912. The van der Waals surface area contributed by atoms with Gasteiger partial charge in [-0.25, -0.2) is 0 Å². The predicted molar refractivity (Wildman–Crippen MR) is 89.9 cm³/mol. The Bertz CT molecular complexity index is 460. The lowest BCUT2D eigenvalue weighted by atomic mass is 9.74. The van der Waals surface area contributed by atoms with Crippen molar-refractivity contribution < 1.29 is 4.52 Å². The molecule has 0 aromatic carbocycles. The van der Waals surface area contributed by atoms with E-state index in [4.69, 9.17) is 15.2 Å². The molecule has 2 heterocycles. The summed E-state index contributed by atoms with van der Waals surface area (Å²) >= 11 is 4.03. The molecule has 1 saturated heterocycles. The fraction of sp³-hybridized carbons (Fsp3) is 0.867. The van der Waals surface area contributed by atoms with Crippen molar-refractivity contribution in [2.75, 3.05) is 18.1 Å². The number of rotatable bonds is 4. The molecule has 1 saturated carbocycles. The summed E-state index contributed by atoms with van der Waals surface area (Å²) in [6.07, 6.45) is 7.09. The van der Waals surface area contributed by atoms with Gasteiger partial charge in [-0.3, -0.25) is 0 Å². The normalized spacial score (nSPS) is 29.4. The third kappa shape index (κ3) is 3.13. The Hall–Kier alpha value is -0.200. The van der Waals surface area contributed by atoms with Gasteiger partial charge in [0.1, 0.15) is 0 Å². The van der Waals surface area contributed by atoms with Crippen molar-refractivity contribution in [3.8, 4) is 0 Å². The average molecular weight is 328 g/mol. The molecule has 1 aromatic rings. The highest BCUT2D eigenvalue weighted by Gasteiger charge is 2.39. The van der Waals surface area contributed by atoms with E-state index in [1.165, 1.54) is 30.8 Å². The Balaban J connectivity index is 1.81. The maximum Gasteiger partial charge on any atom is 0.234 e. The zero-order valence-corrected chi connectivity index (χ0v) is 14.3. The molecular weight excluding hydrogens is 302 g/mol. The maximum absolute atomic E-state index is 6.07. The smallest absolute Gasteiger partial charge is 0.234 e. The summed E-state index contributed by atoms with van der Waals surface area (Å²) in [5.74, 6) is 4.10. The molecule has 0 amide bonds. The Morgan fingerprint density at radius 1 is 1.24 bits per heavy atom. The molecule has 4 nitrogen and oxygen atoms in total. The van der Waals surface area contributed by atoms with Gasteiger partial charge in [-0.05, 0) is 19.3 Å². The van der Waals surface area contributed by atoms with Gasteiger partial charge in [0.15, 0.2) is 5.82 Å². The van der Waals surface area contributed by atoms with Crippen LogP contribution in [0.5, 0.6) is 0 Å². The van der Waals surface area contributed by atoms with Crippen molar-refractivity contribution in [2.24, 2.45) is 5.73 Å². The van der Waals surface area contributed by atoms with E-state index in [9.17, 15) is 0 Å². The Kier molecular flexibility index (Phi) is 5.17. The molecule has 0 radical (unpaired) electrons. The SMILES string of the molecule is CCC1SCCSC1c1noc(C2(CN)CCCCC2)n1. The van der Waals surface area contributed by atoms with Crippen molar-refractivity contribution >= 4 is 23.5 Å². The van der Waals surface area contributed by atoms with Crippen LogP contribution in [0.3, 0.4) is 0 Å². The van der Waals surface area contributed by atoms with Crippen LogP contribution < -0.4 is 5.73 Å². The zero-order valence-electron chi connectivity index (χ0n) is 12.7. The molecule has 21 heavy (non-hydrogen) atoms. The van der Waals surface area contributed by atoms with E-state index in [0.29, 0.717) is 17.0 Å². The molecule has 2 aliphatic rings. The van der Waals surface area contributed by atoms with Crippen LogP contribution in [0.15, 0.2) is 4.52 Å². The minimum Gasteiger partial charge on any atom is -0.339 e. The first kappa shape index (κ1) is 15.7. The minimum absolute atomic E-state index is 0.0578. The molecule has 1 aliphatic carbocycles. The van der Waals surface area contributed by atoms with Gasteiger partial charge in [-0.15, -0.1) is 11.8 Å². The van der Waals surface area contributed by atoms with Crippen LogP contribution >= 0.6 is 23.5 Å². The molecule has 0 spiro atoms. The first-order chi connectivity index (χ1) is 10.3. The van der Waals surface area contributed by atoms with Crippen molar-refractivity contribution in [3.63, 3.8) is 0 Å². The van der Waals surface area contributed by atoms with E-state index < -0.39 is 0 Å². The maximum atomic E-state index is 6.07. The van der Waals surface area contributed by atoms with Crippen LogP contribution in [0.25, 0.3) is 0 Å². The van der Waals surface area contributed by atoms with Crippen LogP contribution in [-0.2, 0) is 5.41 Å². The van der Waals surface area contributed by atoms with Crippen molar-refractivity contribution in [1.82, 2.24) is 10.1 Å².